The summed E-state index contributed by atoms with van der Waals surface area (Å²) in [4.78, 5) is 11.4. The SMILES string of the molecule is Cn1ncc2c(N)nc(NCc3ccc(CN4CCCCC4)cc3)nc21. The lowest BCUT2D eigenvalue weighted by Crippen LogP contribution is -2.29. The fourth-order valence-electron chi connectivity index (χ4n) is 3.44. The van der Waals surface area contributed by atoms with Gasteiger partial charge in [-0.25, -0.2) is 0 Å². The molecule has 3 N–H and O–H groups in total. The van der Waals surface area contributed by atoms with Crippen LogP contribution in [-0.2, 0) is 20.1 Å². The summed E-state index contributed by atoms with van der Waals surface area (Å²) in [6.07, 6.45) is 5.71. The first-order chi connectivity index (χ1) is 12.7. The predicted molar refractivity (Wildman–Crippen MR) is 104 cm³/mol. The third-order valence-electron chi connectivity index (χ3n) is 4.95. The maximum absolute atomic E-state index is 6.00. The molecule has 1 aliphatic heterocycles. The lowest BCUT2D eigenvalue weighted by molar-refractivity contribution is 0.221. The molecule has 1 aromatic carbocycles. The first-order valence-electron chi connectivity index (χ1n) is 9.18. The van der Waals surface area contributed by atoms with Crippen molar-refractivity contribution >= 4 is 22.8 Å². The van der Waals surface area contributed by atoms with E-state index in [1.165, 1.54) is 43.5 Å². The second-order valence-corrected chi connectivity index (χ2v) is 6.94. The number of nitrogen functional groups attached to an aromatic ring is 1. The zero-order valence-electron chi connectivity index (χ0n) is 15.1. The van der Waals surface area contributed by atoms with Crippen LogP contribution < -0.4 is 11.1 Å². The number of piperidine rings is 1. The Morgan fingerprint density at radius 2 is 1.77 bits per heavy atom. The molecule has 0 bridgehead atoms. The molecule has 0 radical (unpaired) electrons. The van der Waals surface area contributed by atoms with Crippen molar-refractivity contribution in [3.63, 3.8) is 0 Å². The van der Waals surface area contributed by atoms with Crippen LogP contribution in [0.5, 0.6) is 0 Å². The largest absolute Gasteiger partial charge is 0.383 e. The number of likely N-dealkylation sites (tertiary alicyclic amines) is 1. The fraction of sp³-hybridized carbons (Fsp3) is 0.421. The molecule has 0 unspecified atom stereocenters. The van der Waals surface area contributed by atoms with E-state index in [-0.39, 0.29) is 0 Å². The number of anilines is 2. The molecule has 2 aromatic heterocycles. The molecule has 1 saturated heterocycles. The van der Waals surface area contributed by atoms with Crippen molar-refractivity contribution < 1.29 is 0 Å². The first-order valence-corrected chi connectivity index (χ1v) is 9.18. The van der Waals surface area contributed by atoms with Gasteiger partial charge in [-0.3, -0.25) is 9.58 Å². The van der Waals surface area contributed by atoms with Gasteiger partial charge in [0.15, 0.2) is 5.65 Å². The van der Waals surface area contributed by atoms with Crippen LogP contribution in [0.4, 0.5) is 11.8 Å². The molecular weight excluding hydrogens is 326 g/mol. The van der Waals surface area contributed by atoms with E-state index in [0.29, 0.717) is 18.3 Å². The zero-order valence-corrected chi connectivity index (χ0v) is 15.1. The summed E-state index contributed by atoms with van der Waals surface area (Å²) in [5.74, 6) is 0.971. The minimum absolute atomic E-state index is 0.447. The molecule has 0 aliphatic carbocycles. The summed E-state index contributed by atoms with van der Waals surface area (Å²) in [5.41, 5.74) is 9.29. The van der Waals surface area contributed by atoms with E-state index in [4.69, 9.17) is 5.73 Å². The third-order valence-corrected chi connectivity index (χ3v) is 4.95. The Kier molecular flexibility index (Phi) is 4.71. The number of hydrogen-bond acceptors (Lipinski definition) is 6. The van der Waals surface area contributed by atoms with Crippen molar-refractivity contribution in [1.82, 2.24) is 24.6 Å². The average molecular weight is 351 g/mol. The topological polar surface area (TPSA) is 84.9 Å². The van der Waals surface area contributed by atoms with Crippen molar-refractivity contribution in [3.8, 4) is 0 Å². The number of fused-ring (bicyclic) bond motifs is 1. The van der Waals surface area contributed by atoms with Gasteiger partial charge in [-0.2, -0.15) is 15.1 Å². The van der Waals surface area contributed by atoms with Crippen LogP contribution >= 0.6 is 0 Å². The monoisotopic (exact) mass is 351 g/mol. The molecule has 4 rings (SSSR count). The number of rotatable bonds is 5. The number of nitrogens with one attached hydrogen (secondary N) is 1. The van der Waals surface area contributed by atoms with Gasteiger partial charge in [0, 0.05) is 20.1 Å². The van der Waals surface area contributed by atoms with E-state index < -0.39 is 0 Å². The highest BCUT2D eigenvalue weighted by atomic mass is 15.3. The van der Waals surface area contributed by atoms with Gasteiger partial charge < -0.3 is 11.1 Å². The molecule has 136 valence electrons. The molecule has 0 saturated carbocycles. The van der Waals surface area contributed by atoms with Crippen LogP contribution in [0.25, 0.3) is 11.0 Å². The maximum Gasteiger partial charge on any atom is 0.226 e. The second kappa shape index (κ2) is 7.29. The van der Waals surface area contributed by atoms with E-state index in [2.05, 4.69) is 49.5 Å². The second-order valence-electron chi connectivity index (χ2n) is 6.94. The molecule has 7 nitrogen and oxygen atoms in total. The van der Waals surface area contributed by atoms with Crippen molar-refractivity contribution in [2.24, 2.45) is 7.05 Å². The summed E-state index contributed by atoms with van der Waals surface area (Å²) < 4.78 is 1.70. The normalized spacial score (nSPS) is 15.4. The number of aryl methyl sites for hydroxylation is 1. The molecule has 26 heavy (non-hydrogen) atoms. The van der Waals surface area contributed by atoms with Crippen molar-refractivity contribution in [2.75, 3.05) is 24.1 Å². The van der Waals surface area contributed by atoms with Gasteiger partial charge in [0.2, 0.25) is 5.95 Å². The Hall–Kier alpha value is -2.67. The zero-order chi connectivity index (χ0) is 17.9. The number of hydrogen-bond donors (Lipinski definition) is 2. The molecule has 0 amide bonds. The minimum Gasteiger partial charge on any atom is -0.383 e. The Balaban J connectivity index is 1.39. The smallest absolute Gasteiger partial charge is 0.226 e. The molecule has 1 fully saturated rings. The Labute approximate surface area is 153 Å². The first kappa shape index (κ1) is 16.8. The van der Waals surface area contributed by atoms with E-state index in [9.17, 15) is 0 Å². The highest BCUT2D eigenvalue weighted by Gasteiger charge is 2.11. The maximum atomic E-state index is 6.00. The molecule has 1 aliphatic rings. The third kappa shape index (κ3) is 3.62. The van der Waals surface area contributed by atoms with Crippen LogP contribution in [-0.4, -0.2) is 37.7 Å². The van der Waals surface area contributed by atoms with Crippen LogP contribution in [0.1, 0.15) is 30.4 Å². The summed E-state index contributed by atoms with van der Waals surface area (Å²) in [6.45, 7) is 4.15. The van der Waals surface area contributed by atoms with Crippen LogP contribution in [0.3, 0.4) is 0 Å². The van der Waals surface area contributed by atoms with Crippen molar-refractivity contribution in [2.45, 2.75) is 32.4 Å². The van der Waals surface area contributed by atoms with Crippen molar-refractivity contribution in [3.05, 3.63) is 41.6 Å². The molecular formula is C19H25N7. The summed E-state index contributed by atoms with van der Waals surface area (Å²) in [5, 5.41) is 8.21. The van der Waals surface area contributed by atoms with Gasteiger partial charge in [0.1, 0.15) is 5.82 Å². The Morgan fingerprint density at radius 1 is 1.04 bits per heavy atom. The van der Waals surface area contributed by atoms with E-state index in [1.54, 1.807) is 10.9 Å². The number of nitrogens with zero attached hydrogens (tertiary/aromatic N) is 5. The number of nitrogens with two attached hydrogens (primary N) is 1. The molecule has 3 heterocycles. The van der Waals surface area contributed by atoms with Gasteiger partial charge >= 0.3 is 0 Å². The van der Waals surface area contributed by atoms with E-state index in [0.717, 1.165) is 17.6 Å². The van der Waals surface area contributed by atoms with Gasteiger partial charge in [-0.15, -0.1) is 0 Å². The summed E-state index contributed by atoms with van der Waals surface area (Å²) in [6, 6.07) is 8.76. The quantitative estimate of drug-likeness (QED) is 0.735. The van der Waals surface area contributed by atoms with Gasteiger partial charge in [0.25, 0.3) is 0 Å². The van der Waals surface area contributed by atoms with Crippen molar-refractivity contribution in [1.29, 1.82) is 0 Å². The number of aromatic nitrogens is 4. The molecule has 7 heteroatoms. The highest BCUT2D eigenvalue weighted by molar-refractivity contribution is 5.86. The lowest BCUT2D eigenvalue weighted by Gasteiger charge is -2.26. The highest BCUT2D eigenvalue weighted by Crippen LogP contribution is 2.19. The minimum atomic E-state index is 0.447. The Bertz CT molecular complexity index is 879. The Morgan fingerprint density at radius 3 is 2.54 bits per heavy atom. The molecule has 3 aromatic rings. The van der Waals surface area contributed by atoms with E-state index >= 15 is 0 Å². The van der Waals surface area contributed by atoms with Gasteiger partial charge in [-0.1, -0.05) is 30.7 Å². The summed E-state index contributed by atoms with van der Waals surface area (Å²) in [7, 11) is 1.85. The number of benzene rings is 1. The standard InChI is InChI=1S/C19H25N7/c1-25-18-16(12-22-25)17(20)23-19(24-18)21-11-14-5-7-15(8-6-14)13-26-9-3-2-4-10-26/h5-8,12H,2-4,9-11,13H2,1H3,(H3,20,21,23,24). The fourth-order valence-corrected chi connectivity index (χ4v) is 3.44. The van der Waals surface area contributed by atoms with Crippen LogP contribution in [0.2, 0.25) is 0 Å². The average Bonchev–Trinajstić information content (AvgIpc) is 3.04. The summed E-state index contributed by atoms with van der Waals surface area (Å²) >= 11 is 0. The molecule has 0 spiro atoms. The molecule has 0 atom stereocenters. The van der Waals surface area contributed by atoms with Gasteiger partial charge in [0.05, 0.1) is 11.6 Å². The van der Waals surface area contributed by atoms with Gasteiger partial charge in [-0.05, 0) is 37.1 Å². The van der Waals surface area contributed by atoms with Crippen LogP contribution in [0, 0.1) is 0 Å². The predicted octanol–water partition coefficient (Wildman–Crippen LogP) is 2.54. The van der Waals surface area contributed by atoms with E-state index in [1.807, 2.05) is 7.05 Å². The lowest BCUT2D eigenvalue weighted by atomic mass is 10.1. The van der Waals surface area contributed by atoms with Crippen LogP contribution in [0.15, 0.2) is 30.5 Å².